The lowest BCUT2D eigenvalue weighted by atomic mass is 10.1. The average Bonchev–Trinajstić information content (AvgIpc) is 3.48. The number of fused-ring (bicyclic) bond motifs is 1. The van der Waals surface area contributed by atoms with E-state index in [4.69, 9.17) is 9.47 Å². The highest BCUT2D eigenvalue weighted by Crippen LogP contribution is 2.32. The largest absolute Gasteiger partial charge is 0.454 e. The highest BCUT2D eigenvalue weighted by Gasteiger charge is 2.27. The molecule has 9 nitrogen and oxygen atoms in total. The van der Waals surface area contributed by atoms with Gasteiger partial charge >= 0.3 is 0 Å². The van der Waals surface area contributed by atoms with Crippen LogP contribution >= 0.6 is 0 Å². The lowest BCUT2D eigenvalue weighted by Gasteiger charge is -2.17. The topological polar surface area (TPSA) is 94.4 Å². The molecule has 5 rings (SSSR count). The highest BCUT2D eigenvalue weighted by atomic mass is 16.7. The first-order chi connectivity index (χ1) is 14.2. The Kier molecular flexibility index (Phi) is 4.27. The molecule has 3 aromatic rings. The number of nitrogens with one attached hydrogen (secondary N) is 1. The average molecular weight is 392 g/mol. The second kappa shape index (κ2) is 7.08. The summed E-state index contributed by atoms with van der Waals surface area (Å²) in [4.78, 5) is 23.8. The fourth-order valence-electron chi connectivity index (χ4n) is 3.58. The molecular formula is C20H20N6O3. The maximum Gasteiger partial charge on any atom is 0.251 e. The molecule has 2 aromatic heterocycles. The molecule has 1 fully saturated rings. The third-order valence-corrected chi connectivity index (χ3v) is 5.08. The molecule has 0 saturated carbocycles. The minimum absolute atomic E-state index is 0.0265. The summed E-state index contributed by atoms with van der Waals surface area (Å²) in [6, 6.07) is 7.12. The molecule has 2 aliphatic heterocycles. The van der Waals surface area contributed by atoms with Gasteiger partial charge in [0.15, 0.2) is 11.5 Å². The molecule has 1 aromatic carbocycles. The molecule has 9 heteroatoms. The molecule has 1 atom stereocenters. The Labute approximate surface area is 167 Å². The van der Waals surface area contributed by atoms with Crippen molar-refractivity contribution >= 4 is 11.9 Å². The number of carbonyl (C=O) groups excluding carboxylic acids is 1. The number of amides is 1. The van der Waals surface area contributed by atoms with E-state index in [1.165, 1.54) is 0 Å². The maximum absolute atomic E-state index is 12.6. The Hall–Kier alpha value is -3.62. The second-order valence-electron chi connectivity index (χ2n) is 7.12. The molecule has 0 radical (unpaired) electrons. The van der Waals surface area contributed by atoms with E-state index in [0.717, 1.165) is 24.2 Å². The van der Waals surface area contributed by atoms with Gasteiger partial charge in [-0.15, -0.1) is 0 Å². The van der Waals surface area contributed by atoms with Crippen molar-refractivity contribution in [1.82, 2.24) is 25.1 Å². The zero-order valence-corrected chi connectivity index (χ0v) is 15.9. The number of anilines is 1. The van der Waals surface area contributed by atoms with Gasteiger partial charge in [0.1, 0.15) is 0 Å². The number of ether oxygens (including phenoxy) is 2. The van der Waals surface area contributed by atoms with E-state index in [9.17, 15) is 4.79 Å². The zero-order valence-electron chi connectivity index (χ0n) is 15.9. The fraction of sp³-hybridized carbons (Fsp3) is 0.300. The lowest BCUT2D eigenvalue weighted by Crippen LogP contribution is -2.37. The van der Waals surface area contributed by atoms with Crippen LogP contribution in [0.5, 0.6) is 11.5 Å². The van der Waals surface area contributed by atoms with Crippen molar-refractivity contribution in [3.8, 4) is 22.8 Å². The van der Waals surface area contributed by atoms with Crippen LogP contribution in [0.15, 0.2) is 42.9 Å². The van der Waals surface area contributed by atoms with E-state index in [1.54, 1.807) is 35.3 Å². The Morgan fingerprint density at radius 1 is 1.24 bits per heavy atom. The van der Waals surface area contributed by atoms with Gasteiger partial charge in [-0.1, -0.05) is 0 Å². The minimum Gasteiger partial charge on any atom is -0.454 e. The van der Waals surface area contributed by atoms with Crippen molar-refractivity contribution in [3.63, 3.8) is 0 Å². The summed E-state index contributed by atoms with van der Waals surface area (Å²) in [5.74, 6) is 1.80. The van der Waals surface area contributed by atoms with Crippen LogP contribution in [0.1, 0.15) is 16.8 Å². The Bertz CT molecular complexity index is 1070. The predicted octanol–water partition coefficient (Wildman–Crippen LogP) is 1.61. The van der Waals surface area contributed by atoms with Gasteiger partial charge in [0.25, 0.3) is 5.91 Å². The van der Waals surface area contributed by atoms with Crippen molar-refractivity contribution in [1.29, 1.82) is 0 Å². The summed E-state index contributed by atoms with van der Waals surface area (Å²) in [5, 5.41) is 7.28. The third-order valence-electron chi connectivity index (χ3n) is 5.08. The Morgan fingerprint density at radius 3 is 3.00 bits per heavy atom. The minimum atomic E-state index is -0.125. The van der Waals surface area contributed by atoms with Crippen molar-refractivity contribution in [2.45, 2.75) is 12.5 Å². The standard InChI is InChI=1S/C20H20N6O3/c1-25-10-14(9-22-25)16-4-6-21-20(24-16)26-7-5-15(11-26)23-19(27)13-2-3-17-18(8-13)29-12-28-17/h2-4,6,8-10,15H,5,7,11-12H2,1H3,(H,23,27). The van der Waals surface area contributed by atoms with Gasteiger partial charge in [0.05, 0.1) is 11.9 Å². The molecule has 2 aliphatic rings. The summed E-state index contributed by atoms with van der Waals surface area (Å²) in [6.45, 7) is 1.63. The SMILES string of the molecule is Cn1cc(-c2ccnc(N3CCC(NC(=O)c4ccc5c(c4)OCO5)C3)n2)cn1. The van der Waals surface area contributed by atoms with Crippen LogP contribution in [0.3, 0.4) is 0 Å². The van der Waals surface area contributed by atoms with Gasteiger partial charge in [-0.25, -0.2) is 9.97 Å². The number of hydrogen-bond acceptors (Lipinski definition) is 7. The molecule has 0 spiro atoms. The smallest absolute Gasteiger partial charge is 0.251 e. The fourth-order valence-corrected chi connectivity index (χ4v) is 3.58. The normalized spacial score (nSPS) is 17.6. The van der Waals surface area contributed by atoms with Gasteiger partial charge in [-0.05, 0) is 30.7 Å². The molecule has 4 heterocycles. The van der Waals surface area contributed by atoms with Crippen molar-refractivity contribution in [2.75, 3.05) is 24.8 Å². The van der Waals surface area contributed by atoms with Crippen LogP contribution in [0.4, 0.5) is 5.95 Å². The summed E-state index contributed by atoms with van der Waals surface area (Å²) in [5.41, 5.74) is 2.33. The van der Waals surface area contributed by atoms with Gasteiger partial charge in [0.2, 0.25) is 12.7 Å². The first-order valence-electron chi connectivity index (χ1n) is 9.43. The number of aromatic nitrogens is 4. The van der Waals surface area contributed by atoms with Crippen LogP contribution in [0.2, 0.25) is 0 Å². The number of rotatable bonds is 4. The summed E-state index contributed by atoms with van der Waals surface area (Å²) >= 11 is 0. The summed E-state index contributed by atoms with van der Waals surface area (Å²) in [6.07, 6.45) is 6.29. The molecule has 29 heavy (non-hydrogen) atoms. The van der Waals surface area contributed by atoms with E-state index in [1.807, 2.05) is 19.3 Å². The predicted molar refractivity (Wildman–Crippen MR) is 105 cm³/mol. The number of hydrogen-bond donors (Lipinski definition) is 1. The van der Waals surface area contributed by atoms with Crippen molar-refractivity contribution < 1.29 is 14.3 Å². The van der Waals surface area contributed by atoms with Gasteiger partial charge in [-0.3, -0.25) is 9.48 Å². The molecular weight excluding hydrogens is 372 g/mol. The molecule has 148 valence electrons. The van der Waals surface area contributed by atoms with Crippen LogP contribution in [-0.4, -0.2) is 51.6 Å². The molecule has 0 aliphatic carbocycles. The second-order valence-corrected chi connectivity index (χ2v) is 7.12. The Morgan fingerprint density at radius 2 is 2.14 bits per heavy atom. The molecule has 1 amide bonds. The zero-order chi connectivity index (χ0) is 19.8. The van der Waals surface area contributed by atoms with Crippen molar-refractivity contribution in [3.05, 3.63) is 48.4 Å². The first kappa shape index (κ1) is 17.5. The van der Waals surface area contributed by atoms with E-state index in [0.29, 0.717) is 29.6 Å². The Balaban J connectivity index is 1.25. The van der Waals surface area contributed by atoms with E-state index in [-0.39, 0.29) is 18.7 Å². The van der Waals surface area contributed by atoms with Crippen LogP contribution < -0.4 is 19.7 Å². The summed E-state index contributed by atoms with van der Waals surface area (Å²) in [7, 11) is 1.87. The van der Waals surface area contributed by atoms with Crippen LogP contribution in [0.25, 0.3) is 11.3 Å². The van der Waals surface area contributed by atoms with Crippen LogP contribution in [-0.2, 0) is 7.05 Å². The maximum atomic E-state index is 12.6. The molecule has 1 unspecified atom stereocenters. The molecule has 1 saturated heterocycles. The van der Waals surface area contributed by atoms with E-state index in [2.05, 4.69) is 25.3 Å². The summed E-state index contributed by atoms with van der Waals surface area (Å²) < 4.78 is 12.4. The molecule has 1 N–H and O–H groups in total. The first-order valence-corrected chi connectivity index (χ1v) is 9.43. The number of aryl methyl sites for hydroxylation is 1. The number of carbonyl (C=O) groups is 1. The third kappa shape index (κ3) is 3.46. The van der Waals surface area contributed by atoms with Crippen molar-refractivity contribution in [2.24, 2.45) is 7.05 Å². The number of benzene rings is 1. The van der Waals surface area contributed by atoms with Gasteiger partial charge in [0, 0.05) is 49.7 Å². The van der Waals surface area contributed by atoms with E-state index >= 15 is 0 Å². The van der Waals surface area contributed by atoms with Gasteiger partial charge < -0.3 is 19.7 Å². The quantitative estimate of drug-likeness (QED) is 0.721. The van der Waals surface area contributed by atoms with Crippen LogP contribution in [0, 0.1) is 0 Å². The lowest BCUT2D eigenvalue weighted by molar-refractivity contribution is 0.0940. The number of nitrogens with zero attached hydrogens (tertiary/aromatic N) is 5. The molecule has 0 bridgehead atoms. The van der Waals surface area contributed by atoms with E-state index < -0.39 is 0 Å². The van der Waals surface area contributed by atoms with Gasteiger partial charge in [-0.2, -0.15) is 5.10 Å². The monoisotopic (exact) mass is 392 g/mol. The highest BCUT2D eigenvalue weighted by molar-refractivity contribution is 5.95.